The van der Waals surface area contributed by atoms with Crippen molar-refractivity contribution in [2.45, 2.75) is 279 Å². The molecule has 6 unspecified atom stereocenters. The molecule has 8 aliphatic rings. The molecule has 0 spiro atoms. The van der Waals surface area contributed by atoms with Gasteiger partial charge in [-0.3, -0.25) is 29.4 Å². The van der Waals surface area contributed by atoms with Crippen LogP contribution in [0.4, 0.5) is 19.2 Å². The Labute approximate surface area is 529 Å². The van der Waals surface area contributed by atoms with Crippen molar-refractivity contribution in [3.63, 3.8) is 0 Å². The predicted octanol–water partition coefficient (Wildman–Crippen LogP) is 11.5. The Morgan fingerprint density at radius 1 is 0.562 bits per heavy atom. The van der Waals surface area contributed by atoms with Crippen LogP contribution in [0.1, 0.15) is 253 Å². The highest BCUT2D eigenvalue weighted by atomic mass is 16.6. The fraction of sp³-hybridized carbons (Fsp3) is 0.776. The van der Waals surface area contributed by atoms with E-state index in [9.17, 15) is 38.4 Å². The summed E-state index contributed by atoms with van der Waals surface area (Å²) in [6.07, 6.45) is 14.6. The van der Waals surface area contributed by atoms with E-state index in [-0.39, 0.29) is 91.3 Å². The summed E-state index contributed by atoms with van der Waals surface area (Å²) < 4.78 is 21.8. The number of aliphatic hydroxyl groups is 2. The third-order valence-electron chi connectivity index (χ3n) is 17.4. The van der Waals surface area contributed by atoms with Crippen LogP contribution >= 0.6 is 0 Å². The molecule has 500 valence electrons. The number of likely N-dealkylation sites (tertiary alicyclic amines) is 2. The van der Waals surface area contributed by atoms with E-state index in [2.05, 4.69) is 40.7 Å². The zero-order valence-electron chi connectivity index (χ0n) is 57.0. The number of nitrogens with zero attached hydrogens (tertiary/aromatic N) is 6. The molecule has 22 heteroatoms. The molecule has 4 aliphatic carbocycles. The molecular weight excluding hydrogens is 1140 g/mol. The number of fused-ring (bicyclic) bond motifs is 2. The maximum absolute atomic E-state index is 12.5. The minimum absolute atomic E-state index is 0.0139. The van der Waals surface area contributed by atoms with E-state index in [4.69, 9.17) is 29.2 Å². The van der Waals surface area contributed by atoms with Gasteiger partial charge in [-0.25, -0.2) is 19.2 Å². The average Bonchev–Trinajstić information content (AvgIpc) is 1.85. The predicted molar refractivity (Wildman–Crippen MR) is 337 cm³/mol. The lowest BCUT2D eigenvalue weighted by Gasteiger charge is -2.40. The summed E-state index contributed by atoms with van der Waals surface area (Å²) in [5.41, 5.74) is 5.08. The number of piperidine rings is 2. The molecular formula is C67H109N8O14+. The molecule has 89 heavy (non-hydrogen) atoms. The Balaban J connectivity index is 0.000000211. The van der Waals surface area contributed by atoms with Crippen molar-refractivity contribution in [1.29, 1.82) is 0 Å². The molecule has 4 amide bonds. The third-order valence-corrected chi connectivity index (χ3v) is 17.4. The second-order valence-corrected chi connectivity index (χ2v) is 29.1. The van der Waals surface area contributed by atoms with Crippen LogP contribution < -0.4 is 0 Å². The fourth-order valence-corrected chi connectivity index (χ4v) is 11.9. The standard InChI is InChI=1S/C16H25N3O2.C16H24N3O2.2C16H25NO4.C2H6O.CH4O/c1-10-8-13-12(14(18-17-13)11-6-5-7-11)9-19(10)15(20)21-16(2,3)4;1-10-13-12(17-18-14(13)11-6-5-7-11)8-9-19(10)15(20)21-16(2,3)4;1-10-8-13(18)12(14(19)11-6-5-7-11)9-17(10)15(20)21-16(2,3)4;1-10-13(14(19)11-6-5-7-11)12(18)8-9-17(10)15(20)21-16(2,3)4;1-2-3;1-2/h10-11H,5-9H2,1-4H3,(H,17,18);5,10-11H,6-9H2,1-4H3,(H,17,18);10-12H,5-9H2,1-4H3;10-11,13H,5-9H2,1-4H3;3H,2H2,1H3;2H,1H3/q;+1;;;;. The maximum Gasteiger partial charge on any atom is 0.410 e. The van der Waals surface area contributed by atoms with Gasteiger partial charge in [0.2, 0.25) is 0 Å². The number of ether oxygens (including phenoxy) is 4. The van der Waals surface area contributed by atoms with Crippen LogP contribution in [-0.2, 0) is 57.5 Å². The highest BCUT2D eigenvalue weighted by Crippen LogP contribution is 2.43. The van der Waals surface area contributed by atoms with Crippen LogP contribution in [0.15, 0.2) is 0 Å². The van der Waals surface area contributed by atoms with E-state index in [0.29, 0.717) is 31.5 Å². The normalized spacial score (nSPS) is 23.7. The van der Waals surface area contributed by atoms with Crippen molar-refractivity contribution >= 4 is 47.5 Å². The Bertz CT molecular complexity index is 2680. The molecule has 10 rings (SSSR count). The molecule has 2 aromatic heterocycles. The first-order chi connectivity index (χ1) is 41.5. The summed E-state index contributed by atoms with van der Waals surface area (Å²) in [6.45, 7) is 33.7. The molecule has 0 bridgehead atoms. The molecule has 0 aromatic carbocycles. The largest absolute Gasteiger partial charge is 0.444 e. The average molecular weight is 1250 g/mol. The number of carbonyl (C=O) groups excluding carboxylic acids is 8. The first-order valence-electron chi connectivity index (χ1n) is 32.6. The molecule has 2 saturated heterocycles. The maximum atomic E-state index is 12.5. The molecule has 6 fully saturated rings. The number of hydrogen-bond donors (Lipinski definition) is 4. The van der Waals surface area contributed by atoms with Crippen molar-refractivity contribution in [2.75, 3.05) is 33.4 Å². The summed E-state index contributed by atoms with van der Waals surface area (Å²) in [6, 6.07) is -0.452. The fourth-order valence-electron chi connectivity index (χ4n) is 11.9. The van der Waals surface area contributed by atoms with Crippen LogP contribution in [0.25, 0.3) is 0 Å². The first kappa shape index (κ1) is 73.7. The summed E-state index contributed by atoms with van der Waals surface area (Å²) >= 11 is 0. The van der Waals surface area contributed by atoms with E-state index < -0.39 is 52.5 Å². The van der Waals surface area contributed by atoms with E-state index in [0.717, 1.165) is 77.0 Å². The summed E-state index contributed by atoms with van der Waals surface area (Å²) in [5, 5.41) is 30.0. The number of Topliss-reactive ketones (excluding diaryl/α,β-unsaturated/α-hetero) is 4. The summed E-state index contributed by atoms with van der Waals surface area (Å²) in [4.78, 5) is 105. The topological polar surface area (TPSA) is 284 Å². The number of rotatable bonds is 6. The minimum atomic E-state index is -0.670. The van der Waals surface area contributed by atoms with Crippen LogP contribution in [0.3, 0.4) is 0 Å². The number of aromatic nitrogens is 4. The highest BCUT2D eigenvalue weighted by molar-refractivity contribution is 6.06. The number of nitrogens with one attached hydrogen (secondary N) is 2. The van der Waals surface area contributed by atoms with Gasteiger partial charge in [0.1, 0.15) is 58.4 Å². The van der Waals surface area contributed by atoms with E-state index in [1.54, 1.807) is 13.8 Å². The zero-order valence-corrected chi connectivity index (χ0v) is 57.0. The van der Waals surface area contributed by atoms with Crippen LogP contribution in [0.2, 0.25) is 0 Å². The van der Waals surface area contributed by atoms with E-state index in [1.165, 1.54) is 57.3 Å². The molecule has 4 saturated carbocycles. The molecule has 4 N–H and O–H groups in total. The van der Waals surface area contributed by atoms with Gasteiger partial charge in [-0.2, -0.15) is 10.2 Å². The Morgan fingerprint density at radius 2 is 1.00 bits per heavy atom. The van der Waals surface area contributed by atoms with Gasteiger partial charge in [0.15, 0.2) is 0 Å². The number of amides is 4. The van der Waals surface area contributed by atoms with Gasteiger partial charge >= 0.3 is 24.4 Å². The summed E-state index contributed by atoms with van der Waals surface area (Å²) in [7, 11) is 1.00. The van der Waals surface area contributed by atoms with Gasteiger partial charge in [0, 0.05) is 117 Å². The van der Waals surface area contributed by atoms with Crippen molar-refractivity contribution in [2.24, 2.45) is 23.7 Å². The zero-order chi connectivity index (χ0) is 66.7. The van der Waals surface area contributed by atoms with Gasteiger partial charge in [-0.1, -0.05) is 19.3 Å². The molecule has 2 aromatic rings. The van der Waals surface area contributed by atoms with Gasteiger partial charge in [0.05, 0.1) is 48.1 Å². The molecule has 4 aliphatic heterocycles. The highest BCUT2D eigenvalue weighted by Gasteiger charge is 2.47. The molecule has 22 nitrogen and oxygen atoms in total. The third kappa shape index (κ3) is 20.0. The lowest BCUT2D eigenvalue weighted by molar-refractivity contribution is -0.143. The smallest absolute Gasteiger partial charge is 0.410 e. The van der Waals surface area contributed by atoms with Crippen LogP contribution in [0, 0.1) is 30.1 Å². The van der Waals surface area contributed by atoms with Crippen molar-refractivity contribution < 1.29 is 67.5 Å². The molecule has 0 radical (unpaired) electrons. The lowest BCUT2D eigenvalue weighted by Crippen LogP contribution is -2.55. The second kappa shape index (κ2) is 31.3. The van der Waals surface area contributed by atoms with Gasteiger partial charge in [0.25, 0.3) is 0 Å². The Hall–Kier alpha value is -6.03. The van der Waals surface area contributed by atoms with Gasteiger partial charge in [-0.15, -0.1) is 0 Å². The quantitative estimate of drug-likeness (QED) is 0.119. The van der Waals surface area contributed by atoms with Crippen molar-refractivity contribution in [1.82, 2.24) is 40.0 Å². The SMILES string of the molecule is CC1C(C(=O)C2CCC2)C(=O)CCN1C(=O)OC(C)(C)C.CC1CC(=O)C(C(=O)C2CCC2)CN1C(=O)OC(C)(C)C.CC1Cc2[nH]nc(C3CCC3)c2CN1C(=O)OC(C)(C)C.CC1c2c(C3C[CH+]C3)n[nH]c2CCN1C(=O)OC(C)(C)C.CCO.CO. The Kier molecular flexibility index (Phi) is 25.9. The number of aromatic amines is 2. The number of carbonyl (C=O) groups is 8. The molecule has 6 heterocycles. The lowest BCUT2D eigenvalue weighted by atomic mass is 9.73. The monoisotopic (exact) mass is 1250 g/mol. The number of H-pyrrole nitrogens is 2. The number of aliphatic hydroxyl groups excluding tert-OH is 2. The Morgan fingerprint density at radius 3 is 1.46 bits per heavy atom. The van der Waals surface area contributed by atoms with Crippen molar-refractivity contribution in [3.05, 3.63) is 40.3 Å². The first-order valence-corrected chi connectivity index (χ1v) is 32.6. The number of ketones is 4. The summed E-state index contributed by atoms with van der Waals surface area (Å²) in [5.74, 6) is -0.203. The number of hydrogen-bond acceptors (Lipinski definition) is 16. The van der Waals surface area contributed by atoms with Gasteiger partial charge < -0.3 is 48.8 Å². The van der Waals surface area contributed by atoms with Crippen LogP contribution in [-0.4, -0.2) is 172 Å². The van der Waals surface area contributed by atoms with Crippen LogP contribution in [0.5, 0.6) is 0 Å². The molecule has 6 atom stereocenters. The van der Waals surface area contributed by atoms with E-state index >= 15 is 0 Å². The van der Waals surface area contributed by atoms with Crippen molar-refractivity contribution in [3.8, 4) is 0 Å². The van der Waals surface area contributed by atoms with E-state index in [1.807, 2.05) is 99.8 Å². The minimum Gasteiger partial charge on any atom is -0.444 e. The van der Waals surface area contributed by atoms with Gasteiger partial charge in [-0.05, 0) is 156 Å². The second-order valence-electron chi connectivity index (χ2n) is 29.1.